The molecule has 2 aromatic rings. The maximum Gasteiger partial charge on any atom is 0.261 e. The van der Waals surface area contributed by atoms with Crippen LogP contribution in [-0.4, -0.2) is 60.5 Å². The third-order valence-corrected chi connectivity index (χ3v) is 7.82. The van der Waals surface area contributed by atoms with Gasteiger partial charge in [0.05, 0.1) is 41.5 Å². The summed E-state index contributed by atoms with van der Waals surface area (Å²) in [6.07, 6.45) is 0. The van der Waals surface area contributed by atoms with Crippen LogP contribution < -0.4 is 14.8 Å². The predicted octanol–water partition coefficient (Wildman–Crippen LogP) is 1.48. The van der Waals surface area contributed by atoms with Gasteiger partial charge < -0.3 is 14.8 Å². The standard InChI is InChI=1S/C19H23N3O7S2/c1-14(23)20-18-8-3-15(13-19(18)28-2)21-30(24,25)16-4-6-17(7-5-16)31(26,27)22-9-11-29-12-10-22/h3-8,13,21H,9-12H2,1-2H3,(H,20,23). The molecule has 1 saturated heterocycles. The van der Waals surface area contributed by atoms with Gasteiger partial charge in [-0.2, -0.15) is 4.31 Å². The lowest BCUT2D eigenvalue weighted by Gasteiger charge is -2.26. The molecule has 1 heterocycles. The van der Waals surface area contributed by atoms with Gasteiger partial charge in [0.1, 0.15) is 5.75 Å². The topological polar surface area (TPSA) is 131 Å². The lowest BCUT2D eigenvalue weighted by Crippen LogP contribution is -2.40. The quantitative estimate of drug-likeness (QED) is 0.628. The summed E-state index contributed by atoms with van der Waals surface area (Å²) >= 11 is 0. The first kappa shape index (κ1) is 23.0. The van der Waals surface area contributed by atoms with Crippen molar-refractivity contribution in [3.63, 3.8) is 0 Å². The smallest absolute Gasteiger partial charge is 0.261 e. The van der Waals surface area contributed by atoms with Gasteiger partial charge in [0, 0.05) is 26.1 Å². The number of ether oxygens (including phenoxy) is 2. The van der Waals surface area contributed by atoms with E-state index in [1.807, 2.05) is 0 Å². The maximum absolute atomic E-state index is 12.7. The molecule has 0 aromatic heterocycles. The number of nitrogens with one attached hydrogen (secondary N) is 2. The largest absolute Gasteiger partial charge is 0.494 e. The van der Waals surface area contributed by atoms with Gasteiger partial charge in [0.2, 0.25) is 15.9 Å². The maximum atomic E-state index is 12.7. The number of amides is 1. The first-order chi connectivity index (χ1) is 14.6. The molecule has 0 aliphatic carbocycles. The fourth-order valence-electron chi connectivity index (χ4n) is 2.99. The summed E-state index contributed by atoms with van der Waals surface area (Å²) in [7, 11) is -6.31. The van der Waals surface area contributed by atoms with Crippen molar-refractivity contribution in [1.82, 2.24) is 4.31 Å². The third-order valence-electron chi connectivity index (χ3n) is 4.51. The van der Waals surface area contributed by atoms with E-state index in [0.29, 0.717) is 18.9 Å². The number of rotatable bonds is 7. The molecule has 0 bridgehead atoms. The zero-order chi connectivity index (χ0) is 22.6. The van der Waals surface area contributed by atoms with E-state index in [1.54, 1.807) is 0 Å². The van der Waals surface area contributed by atoms with Gasteiger partial charge in [-0.3, -0.25) is 9.52 Å². The van der Waals surface area contributed by atoms with Crippen LogP contribution in [0.3, 0.4) is 0 Å². The lowest BCUT2D eigenvalue weighted by atomic mass is 10.2. The summed E-state index contributed by atoms with van der Waals surface area (Å²) in [5.74, 6) is -0.0129. The fraction of sp³-hybridized carbons (Fsp3) is 0.316. The van der Waals surface area contributed by atoms with E-state index in [4.69, 9.17) is 9.47 Å². The summed E-state index contributed by atoms with van der Waals surface area (Å²) in [5, 5.41) is 2.58. The molecular weight excluding hydrogens is 446 g/mol. The molecule has 2 aromatic carbocycles. The molecule has 0 atom stereocenters. The lowest BCUT2D eigenvalue weighted by molar-refractivity contribution is -0.114. The average molecular weight is 470 g/mol. The highest BCUT2D eigenvalue weighted by molar-refractivity contribution is 7.92. The Morgan fingerprint density at radius 1 is 1.00 bits per heavy atom. The molecule has 12 heteroatoms. The van der Waals surface area contributed by atoms with Gasteiger partial charge in [-0.25, -0.2) is 16.8 Å². The molecule has 0 spiro atoms. The van der Waals surface area contributed by atoms with Crippen LogP contribution in [0.4, 0.5) is 11.4 Å². The zero-order valence-electron chi connectivity index (χ0n) is 17.0. The number of anilines is 2. The van der Waals surface area contributed by atoms with Crippen molar-refractivity contribution in [2.45, 2.75) is 16.7 Å². The van der Waals surface area contributed by atoms with Crippen LogP contribution in [-0.2, 0) is 29.6 Å². The molecule has 3 rings (SSSR count). The van der Waals surface area contributed by atoms with E-state index in [9.17, 15) is 21.6 Å². The molecule has 0 radical (unpaired) electrons. The molecule has 10 nitrogen and oxygen atoms in total. The normalized spacial score (nSPS) is 15.3. The second-order valence-corrected chi connectivity index (χ2v) is 10.3. The summed E-state index contributed by atoms with van der Waals surface area (Å²) in [6, 6.07) is 9.41. The number of carbonyl (C=O) groups excluding carboxylic acids is 1. The van der Waals surface area contributed by atoms with Gasteiger partial charge in [-0.05, 0) is 36.4 Å². The number of hydrogen-bond donors (Lipinski definition) is 2. The number of morpholine rings is 1. The predicted molar refractivity (Wildman–Crippen MR) is 114 cm³/mol. The van der Waals surface area contributed by atoms with Crippen LogP contribution in [0.15, 0.2) is 52.3 Å². The number of nitrogens with zero attached hydrogens (tertiary/aromatic N) is 1. The van der Waals surface area contributed by atoms with E-state index in [1.165, 1.54) is 60.8 Å². The highest BCUT2D eigenvalue weighted by Gasteiger charge is 2.27. The van der Waals surface area contributed by atoms with Crippen LogP contribution in [0.1, 0.15) is 6.92 Å². The van der Waals surface area contributed by atoms with E-state index < -0.39 is 20.0 Å². The molecule has 1 fully saturated rings. The number of benzene rings is 2. The summed E-state index contributed by atoms with van der Waals surface area (Å²) < 4.78 is 64.9. The van der Waals surface area contributed by atoms with E-state index >= 15 is 0 Å². The second-order valence-electron chi connectivity index (χ2n) is 6.69. The molecule has 1 aliphatic heterocycles. The van der Waals surface area contributed by atoms with Crippen molar-refractivity contribution in [3.05, 3.63) is 42.5 Å². The van der Waals surface area contributed by atoms with E-state index in [0.717, 1.165) is 0 Å². The van der Waals surface area contributed by atoms with Crippen molar-refractivity contribution in [1.29, 1.82) is 0 Å². The minimum atomic E-state index is -3.98. The first-order valence-corrected chi connectivity index (χ1v) is 12.2. The number of hydrogen-bond acceptors (Lipinski definition) is 7. The number of sulfonamides is 2. The van der Waals surface area contributed by atoms with Gasteiger partial charge in [-0.1, -0.05) is 0 Å². The molecule has 168 valence electrons. The van der Waals surface area contributed by atoms with Gasteiger partial charge in [-0.15, -0.1) is 0 Å². The van der Waals surface area contributed by atoms with Crippen molar-refractivity contribution in [2.75, 3.05) is 43.5 Å². The minimum absolute atomic E-state index is 0.00896. The zero-order valence-corrected chi connectivity index (χ0v) is 18.6. The Bertz CT molecular complexity index is 1160. The van der Waals surface area contributed by atoms with Crippen LogP contribution in [0.25, 0.3) is 0 Å². The monoisotopic (exact) mass is 469 g/mol. The Morgan fingerprint density at radius 3 is 2.19 bits per heavy atom. The Labute approximate surface area is 181 Å². The molecule has 2 N–H and O–H groups in total. The number of carbonyl (C=O) groups is 1. The summed E-state index contributed by atoms with van der Waals surface area (Å²) in [4.78, 5) is 11.2. The SMILES string of the molecule is COc1cc(NS(=O)(=O)c2ccc(S(=O)(=O)N3CCOCC3)cc2)ccc1NC(C)=O. The van der Waals surface area contributed by atoms with Gasteiger partial charge >= 0.3 is 0 Å². The molecule has 1 amide bonds. The van der Waals surface area contributed by atoms with Crippen molar-refractivity contribution in [3.8, 4) is 5.75 Å². The van der Waals surface area contributed by atoms with Crippen molar-refractivity contribution in [2.24, 2.45) is 0 Å². The Morgan fingerprint density at radius 2 is 1.61 bits per heavy atom. The Hall–Kier alpha value is -2.67. The molecule has 1 aliphatic rings. The van der Waals surface area contributed by atoms with Gasteiger partial charge in [0.15, 0.2) is 0 Å². The summed E-state index contributed by atoms with van der Waals surface area (Å²) in [6.45, 7) is 2.49. The molecule has 0 unspecified atom stereocenters. The molecule has 0 saturated carbocycles. The van der Waals surface area contributed by atoms with E-state index in [2.05, 4.69) is 10.0 Å². The van der Waals surface area contributed by atoms with Crippen molar-refractivity contribution >= 4 is 37.3 Å². The Balaban J connectivity index is 1.80. The second kappa shape index (κ2) is 9.22. The highest BCUT2D eigenvalue weighted by Crippen LogP contribution is 2.29. The van der Waals surface area contributed by atoms with Crippen LogP contribution in [0.5, 0.6) is 5.75 Å². The average Bonchev–Trinajstić information content (AvgIpc) is 2.75. The highest BCUT2D eigenvalue weighted by atomic mass is 32.2. The van der Waals surface area contributed by atoms with Crippen LogP contribution in [0, 0.1) is 0 Å². The number of methoxy groups -OCH3 is 1. The molecular formula is C19H23N3O7S2. The fourth-order valence-corrected chi connectivity index (χ4v) is 5.45. The van der Waals surface area contributed by atoms with Gasteiger partial charge in [0.25, 0.3) is 10.0 Å². The van der Waals surface area contributed by atoms with E-state index in [-0.39, 0.29) is 40.2 Å². The summed E-state index contributed by atoms with van der Waals surface area (Å²) in [5.41, 5.74) is 0.617. The minimum Gasteiger partial charge on any atom is -0.494 e. The molecule has 31 heavy (non-hydrogen) atoms. The van der Waals surface area contributed by atoms with Crippen LogP contribution >= 0.6 is 0 Å². The first-order valence-electron chi connectivity index (χ1n) is 9.30. The third kappa shape index (κ3) is 5.34. The van der Waals surface area contributed by atoms with Crippen molar-refractivity contribution < 1.29 is 31.1 Å². The Kier molecular flexibility index (Phi) is 6.84. The van der Waals surface area contributed by atoms with Crippen LogP contribution in [0.2, 0.25) is 0 Å².